The highest BCUT2D eigenvalue weighted by Gasteiger charge is 2.39. The van der Waals surface area contributed by atoms with Crippen LogP contribution in [0, 0.1) is 0 Å². The van der Waals surface area contributed by atoms with Crippen molar-refractivity contribution >= 4 is 21.6 Å². The molecular formula is C12H16N2O3S. The molecule has 1 N–H and O–H groups in total. The highest BCUT2D eigenvalue weighted by Crippen LogP contribution is 2.26. The monoisotopic (exact) mass is 268 g/mol. The fourth-order valence-corrected chi connectivity index (χ4v) is 2.97. The van der Waals surface area contributed by atoms with Gasteiger partial charge in [-0.05, 0) is 25.5 Å². The minimum absolute atomic E-state index is 0.0147. The highest BCUT2D eigenvalue weighted by atomic mass is 32.2. The number of benzene rings is 1. The molecule has 0 bridgehead atoms. The number of carbonyl (C=O) groups excluding carboxylic acids is 1. The van der Waals surface area contributed by atoms with E-state index < -0.39 is 16.1 Å². The molecule has 0 radical (unpaired) electrons. The van der Waals surface area contributed by atoms with E-state index in [1.54, 1.807) is 4.90 Å². The van der Waals surface area contributed by atoms with Crippen molar-refractivity contribution < 1.29 is 13.2 Å². The summed E-state index contributed by atoms with van der Waals surface area (Å²) < 4.78 is 24.8. The van der Waals surface area contributed by atoms with Crippen molar-refractivity contribution in [1.29, 1.82) is 0 Å². The van der Waals surface area contributed by atoms with Crippen molar-refractivity contribution in [3.63, 3.8) is 0 Å². The van der Waals surface area contributed by atoms with E-state index in [1.807, 2.05) is 37.3 Å². The Morgan fingerprint density at radius 3 is 2.44 bits per heavy atom. The lowest BCUT2D eigenvalue weighted by Gasteiger charge is -2.21. The fraction of sp³-hybridized carbons (Fsp3) is 0.417. The number of rotatable bonds is 3. The second-order valence-corrected chi connectivity index (χ2v) is 6.35. The molecule has 1 amide bonds. The van der Waals surface area contributed by atoms with Crippen molar-refractivity contribution in [2.45, 2.75) is 25.4 Å². The van der Waals surface area contributed by atoms with Gasteiger partial charge in [-0.1, -0.05) is 18.2 Å². The number of hydrogen-bond donors (Lipinski definition) is 1. The first-order valence-corrected chi connectivity index (χ1v) is 7.63. The summed E-state index contributed by atoms with van der Waals surface area (Å²) in [4.78, 5) is 13.8. The van der Waals surface area contributed by atoms with Crippen molar-refractivity contribution in [2.24, 2.45) is 0 Å². The molecule has 0 aliphatic carbocycles. The van der Waals surface area contributed by atoms with Crippen LogP contribution in [0.15, 0.2) is 30.3 Å². The van der Waals surface area contributed by atoms with Gasteiger partial charge in [0.2, 0.25) is 15.9 Å². The lowest BCUT2D eigenvalue weighted by atomic mass is 10.2. The number of nitrogens with one attached hydrogen (secondary N) is 1. The van der Waals surface area contributed by atoms with E-state index in [9.17, 15) is 13.2 Å². The normalized spacial score (nSPS) is 24.6. The van der Waals surface area contributed by atoms with Gasteiger partial charge in [0.25, 0.3) is 0 Å². The molecule has 0 saturated carbocycles. The molecule has 18 heavy (non-hydrogen) atoms. The maximum Gasteiger partial charge on any atom is 0.245 e. The third kappa shape index (κ3) is 2.70. The molecule has 1 aromatic rings. The third-order valence-electron chi connectivity index (χ3n) is 2.94. The third-order valence-corrected chi connectivity index (χ3v) is 3.66. The van der Waals surface area contributed by atoms with Gasteiger partial charge < -0.3 is 4.90 Å². The first-order chi connectivity index (χ1) is 8.38. The van der Waals surface area contributed by atoms with Crippen molar-refractivity contribution in [3.8, 4) is 0 Å². The van der Waals surface area contributed by atoms with Crippen LogP contribution in [0.25, 0.3) is 0 Å². The van der Waals surface area contributed by atoms with Gasteiger partial charge in [0.1, 0.15) is 6.04 Å². The fourth-order valence-electron chi connectivity index (χ4n) is 2.26. The minimum Gasteiger partial charge on any atom is -0.308 e. The van der Waals surface area contributed by atoms with E-state index in [4.69, 9.17) is 0 Å². The zero-order valence-corrected chi connectivity index (χ0v) is 11.1. The number of amides is 1. The molecule has 1 saturated heterocycles. The van der Waals surface area contributed by atoms with Gasteiger partial charge in [-0.25, -0.2) is 13.1 Å². The van der Waals surface area contributed by atoms with Gasteiger partial charge in [-0.3, -0.25) is 4.79 Å². The number of sulfonamides is 1. The highest BCUT2D eigenvalue weighted by molar-refractivity contribution is 7.88. The lowest BCUT2D eigenvalue weighted by molar-refractivity contribution is -0.118. The number of para-hydroxylation sites is 1. The van der Waals surface area contributed by atoms with Crippen LogP contribution in [0.4, 0.5) is 5.69 Å². The predicted octanol–water partition coefficient (Wildman–Crippen LogP) is 0.730. The van der Waals surface area contributed by atoms with Crippen LogP contribution in [0.5, 0.6) is 0 Å². The van der Waals surface area contributed by atoms with Crippen molar-refractivity contribution in [2.75, 3.05) is 11.2 Å². The molecule has 0 aromatic heterocycles. The maximum atomic E-state index is 12.2. The molecule has 2 rings (SSSR count). The topological polar surface area (TPSA) is 66.5 Å². The summed E-state index contributed by atoms with van der Waals surface area (Å²) in [6, 6.07) is 8.60. The summed E-state index contributed by atoms with van der Waals surface area (Å²) >= 11 is 0. The molecule has 98 valence electrons. The van der Waals surface area contributed by atoms with Crippen LogP contribution >= 0.6 is 0 Å². The van der Waals surface area contributed by atoms with Crippen molar-refractivity contribution in [1.82, 2.24) is 4.72 Å². The van der Waals surface area contributed by atoms with Crippen LogP contribution in [-0.4, -0.2) is 32.7 Å². The molecule has 2 unspecified atom stereocenters. The minimum atomic E-state index is -3.37. The van der Waals surface area contributed by atoms with Crippen LogP contribution in [0.3, 0.4) is 0 Å². The Morgan fingerprint density at radius 2 is 1.89 bits per heavy atom. The summed E-state index contributed by atoms with van der Waals surface area (Å²) in [6.45, 7) is 1.91. The lowest BCUT2D eigenvalue weighted by Crippen LogP contribution is -2.41. The Balaban J connectivity index is 2.23. The van der Waals surface area contributed by atoms with Gasteiger partial charge in [-0.2, -0.15) is 0 Å². The second kappa shape index (κ2) is 4.70. The van der Waals surface area contributed by atoms with E-state index >= 15 is 0 Å². The summed E-state index contributed by atoms with van der Waals surface area (Å²) in [5.74, 6) is -0.195. The molecule has 5 nitrogen and oxygen atoms in total. The zero-order chi connectivity index (χ0) is 13.3. The Morgan fingerprint density at radius 1 is 1.28 bits per heavy atom. The number of nitrogens with zero attached hydrogens (tertiary/aromatic N) is 1. The molecular weight excluding hydrogens is 252 g/mol. The number of hydrogen-bond acceptors (Lipinski definition) is 3. The van der Waals surface area contributed by atoms with Gasteiger partial charge in [0.15, 0.2) is 0 Å². The SMILES string of the molecule is CC1CC(NS(C)(=O)=O)C(=O)N1c1ccccc1. The summed E-state index contributed by atoms with van der Waals surface area (Å²) in [5, 5.41) is 0. The molecule has 2 atom stereocenters. The molecule has 1 heterocycles. The van der Waals surface area contributed by atoms with Crippen molar-refractivity contribution in [3.05, 3.63) is 30.3 Å². The Bertz CT molecular complexity index is 542. The standard InChI is InChI=1S/C12H16N2O3S/c1-9-8-11(13-18(2,16)17)12(15)14(9)10-6-4-3-5-7-10/h3-7,9,11,13H,8H2,1-2H3. The quantitative estimate of drug-likeness (QED) is 0.879. The summed E-state index contributed by atoms with van der Waals surface area (Å²) in [5.41, 5.74) is 0.799. The number of anilines is 1. The summed E-state index contributed by atoms with van der Waals surface area (Å²) in [7, 11) is -3.37. The second-order valence-electron chi connectivity index (χ2n) is 4.57. The predicted molar refractivity (Wildman–Crippen MR) is 69.8 cm³/mol. The Hall–Kier alpha value is -1.40. The van der Waals surface area contributed by atoms with Crippen LogP contribution < -0.4 is 9.62 Å². The molecule has 1 aliphatic rings. The van der Waals surface area contributed by atoms with Crippen LogP contribution in [-0.2, 0) is 14.8 Å². The van der Waals surface area contributed by atoms with Crippen LogP contribution in [0.1, 0.15) is 13.3 Å². The number of carbonyl (C=O) groups is 1. The first-order valence-electron chi connectivity index (χ1n) is 5.74. The average molecular weight is 268 g/mol. The van der Waals surface area contributed by atoms with Gasteiger partial charge in [0.05, 0.1) is 6.26 Å². The van der Waals surface area contributed by atoms with E-state index in [-0.39, 0.29) is 11.9 Å². The molecule has 0 spiro atoms. The molecule has 1 aliphatic heterocycles. The Kier molecular flexibility index (Phi) is 3.41. The van der Waals surface area contributed by atoms with E-state index in [2.05, 4.69) is 4.72 Å². The average Bonchev–Trinajstić information content (AvgIpc) is 2.53. The van der Waals surface area contributed by atoms with Gasteiger partial charge in [-0.15, -0.1) is 0 Å². The van der Waals surface area contributed by atoms with E-state index in [0.717, 1.165) is 11.9 Å². The van der Waals surface area contributed by atoms with E-state index in [1.165, 1.54) is 0 Å². The van der Waals surface area contributed by atoms with E-state index in [0.29, 0.717) is 6.42 Å². The Labute approximate surface area is 107 Å². The van der Waals surface area contributed by atoms with Gasteiger partial charge in [0, 0.05) is 11.7 Å². The zero-order valence-electron chi connectivity index (χ0n) is 10.3. The molecule has 1 fully saturated rings. The maximum absolute atomic E-state index is 12.2. The molecule has 6 heteroatoms. The molecule has 1 aromatic carbocycles. The first kappa shape index (κ1) is 13.0. The smallest absolute Gasteiger partial charge is 0.245 e. The van der Waals surface area contributed by atoms with Gasteiger partial charge >= 0.3 is 0 Å². The summed E-state index contributed by atoms with van der Waals surface area (Å²) in [6.07, 6.45) is 1.55. The largest absolute Gasteiger partial charge is 0.308 e. The van der Waals surface area contributed by atoms with Crippen LogP contribution in [0.2, 0.25) is 0 Å².